The summed E-state index contributed by atoms with van der Waals surface area (Å²) in [6.45, 7) is 4.00. The molecule has 1 aromatic rings. The molecule has 0 saturated heterocycles. The molecule has 4 heteroatoms. The van der Waals surface area contributed by atoms with Crippen LogP contribution in [-0.2, 0) is 13.5 Å². The van der Waals surface area contributed by atoms with Gasteiger partial charge in [0.2, 0.25) is 0 Å². The second kappa shape index (κ2) is 5.12. The minimum Gasteiger partial charge on any atom is -0.327 e. The summed E-state index contributed by atoms with van der Waals surface area (Å²) in [6.07, 6.45) is 2.86. The van der Waals surface area contributed by atoms with Gasteiger partial charge in [-0.2, -0.15) is 5.10 Å². The zero-order chi connectivity index (χ0) is 10.6. The Hall–Kier alpha value is -0.870. The van der Waals surface area contributed by atoms with Crippen molar-refractivity contribution in [2.24, 2.45) is 12.8 Å². The zero-order valence-electron chi connectivity index (χ0n) is 9.27. The van der Waals surface area contributed by atoms with Crippen LogP contribution in [-0.4, -0.2) is 40.9 Å². The monoisotopic (exact) mass is 196 g/mol. The fourth-order valence-electron chi connectivity index (χ4n) is 1.53. The molecule has 1 aromatic heterocycles. The first kappa shape index (κ1) is 11.2. The van der Waals surface area contributed by atoms with Crippen LogP contribution in [0, 0.1) is 0 Å². The van der Waals surface area contributed by atoms with Gasteiger partial charge in [-0.15, -0.1) is 0 Å². The van der Waals surface area contributed by atoms with Crippen LogP contribution in [0.25, 0.3) is 0 Å². The molecule has 80 valence electrons. The molecule has 0 saturated carbocycles. The van der Waals surface area contributed by atoms with Crippen LogP contribution in [0.15, 0.2) is 12.3 Å². The molecule has 0 aromatic carbocycles. The highest BCUT2D eigenvalue weighted by atomic mass is 15.3. The molecule has 0 aliphatic rings. The van der Waals surface area contributed by atoms with Gasteiger partial charge in [-0.25, -0.2) is 0 Å². The highest BCUT2D eigenvalue weighted by Gasteiger charge is 2.03. The number of rotatable bonds is 5. The fraction of sp³-hybridized carbons (Fsp3) is 0.700. The first-order valence-electron chi connectivity index (χ1n) is 5.00. The summed E-state index contributed by atoms with van der Waals surface area (Å²) in [7, 11) is 4.07. The predicted octanol–water partition coefficient (Wildman–Crippen LogP) is 0.242. The Labute approximate surface area is 85.7 Å². The van der Waals surface area contributed by atoms with Gasteiger partial charge in [-0.05, 0) is 20.0 Å². The Balaban J connectivity index is 2.30. The molecule has 4 nitrogen and oxygen atoms in total. The van der Waals surface area contributed by atoms with E-state index in [1.807, 2.05) is 24.9 Å². The van der Waals surface area contributed by atoms with Gasteiger partial charge in [-0.1, -0.05) is 0 Å². The Morgan fingerprint density at radius 2 is 2.36 bits per heavy atom. The maximum Gasteiger partial charge on any atom is 0.0492 e. The average Bonchev–Trinajstić information content (AvgIpc) is 2.46. The first-order chi connectivity index (χ1) is 6.59. The molecule has 0 aliphatic carbocycles. The standard InChI is InChI=1S/C10H20N4/c1-9(11)8-13(2)7-5-10-4-6-12-14(10)3/h4,6,9H,5,7-8,11H2,1-3H3. The van der Waals surface area contributed by atoms with E-state index in [1.165, 1.54) is 5.69 Å². The molecule has 14 heavy (non-hydrogen) atoms. The summed E-state index contributed by atoms with van der Waals surface area (Å²) in [4.78, 5) is 2.25. The lowest BCUT2D eigenvalue weighted by molar-refractivity contribution is 0.318. The number of nitrogens with two attached hydrogens (primary N) is 1. The molecule has 0 bridgehead atoms. The smallest absolute Gasteiger partial charge is 0.0492 e. The van der Waals surface area contributed by atoms with E-state index in [2.05, 4.69) is 23.1 Å². The van der Waals surface area contributed by atoms with Crippen molar-refractivity contribution < 1.29 is 0 Å². The molecule has 0 amide bonds. The van der Waals surface area contributed by atoms with E-state index in [0.717, 1.165) is 19.5 Å². The van der Waals surface area contributed by atoms with E-state index in [4.69, 9.17) is 5.73 Å². The van der Waals surface area contributed by atoms with E-state index in [9.17, 15) is 0 Å². The van der Waals surface area contributed by atoms with Crippen LogP contribution in [0.4, 0.5) is 0 Å². The van der Waals surface area contributed by atoms with Crippen LogP contribution >= 0.6 is 0 Å². The number of nitrogens with zero attached hydrogens (tertiary/aromatic N) is 3. The normalized spacial score (nSPS) is 13.5. The van der Waals surface area contributed by atoms with Crippen LogP contribution in [0.2, 0.25) is 0 Å². The number of hydrogen-bond acceptors (Lipinski definition) is 3. The summed E-state index contributed by atoms with van der Waals surface area (Å²) in [5, 5.41) is 4.13. The van der Waals surface area contributed by atoms with Gasteiger partial charge in [0.15, 0.2) is 0 Å². The fourth-order valence-corrected chi connectivity index (χ4v) is 1.53. The van der Waals surface area contributed by atoms with E-state index >= 15 is 0 Å². The lowest BCUT2D eigenvalue weighted by atomic mass is 10.2. The maximum absolute atomic E-state index is 5.71. The quantitative estimate of drug-likeness (QED) is 0.734. The molecule has 0 aliphatic heterocycles. The van der Waals surface area contributed by atoms with Gasteiger partial charge in [0.1, 0.15) is 0 Å². The van der Waals surface area contributed by atoms with Gasteiger partial charge in [0.25, 0.3) is 0 Å². The van der Waals surface area contributed by atoms with Crippen LogP contribution in [0.3, 0.4) is 0 Å². The summed E-state index contributed by atoms with van der Waals surface area (Å²) in [5.74, 6) is 0. The van der Waals surface area contributed by atoms with Crippen molar-refractivity contribution in [2.75, 3.05) is 20.1 Å². The molecule has 0 spiro atoms. The van der Waals surface area contributed by atoms with Crippen LogP contribution in [0.5, 0.6) is 0 Å². The Morgan fingerprint density at radius 1 is 1.64 bits per heavy atom. The van der Waals surface area contributed by atoms with Gasteiger partial charge >= 0.3 is 0 Å². The molecule has 2 N–H and O–H groups in total. The van der Waals surface area contributed by atoms with Crippen molar-refractivity contribution in [3.63, 3.8) is 0 Å². The summed E-state index contributed by atoms with van der Waals surface area (Å²) in [5.41, 5.74) is 6.98. The highest BCUT2D eigenvalue weighted by molar-refractivity contribution is 5.00. The number of aryl methyl sites for hydroxylation is 1. The number of likely N-dealkylation sites (N-methyl/N-ethyl adjacent to an activating group) is 1. The molecule has 1 unspecified atom stereocenters. The largest absolute Gasteiger partial charge is 0.327 e. The van der Waals surface area contributed by atoms with Gasteiger partial charge in [-0.3, -0.25) is 4.68 Å². The third-order valence-electron chi connectivity index (χ3n) is 2.27. The summed E-state index contributed by atoms with van der Waals surface area (Å²) in [6, 6.07) is 2.30. The molecule has 1 atom stereocenters. The van der Waals surface area contributed by atoms with Crippen molar-refractivity contribution >= 4 is 0 Å². The maximum atomic E-state index is 5.71. The lowest BCUT2D eigenvalue weighted by Gasteiger charge is -2.18. The SMILES string of the molecule is CC(N)CN(C)CCc1ccnn1C. The van der Waals surface area contributed by atoms with E-state index in [-0.39, 0.29) is 6.04 Å². The molecular formula is C10H20N4. The van der Waals surface area contributed by atoms with Crippen molar-refractivity contribution in [1.29, 1.82) is 0 Å². The van der Waals surface area contributed by atoms with Gasteiger partial charge in [0.05, 0.1) is 0 Å². The molecular weight excluding hydrogens is 176 g/mol. The third kappa shape index (κ3) is 3.47. The van der Waals surface area contributed by atoms with Gasteiger partial charge < -0.3 is 10.6 Å². The lowest BCUT2D eigenvalue weighted by Crippen LogP contribution is -2.34. The van der Waals surface area contributed by atoms with E-state index in [0.29, 0.717) is 0 Å². The second-order valence-electron chi connectivity index (χ2n) is 3.94. The Kier molecular flexibility index (Phi) is 4.10. The van der Waals surface area contributed by atoms with Crippen molar-refractivity contribution in [3.05, 3.63) is 18.0 Å². The molecule has 1 heterocycles. The van der Waals surface area contributed by atoms with Crippen molar-refractivity contribution in [2.45, 2.75) is 19.4 Å². The van der Waals surface area contributed by atoms with Crippen molar-refractivity contribution in [1.82, 2.24) is 14.7 Å². The van der Waals surface area contributed by atoms with Crippen LogP contribution in [0.1, 0.15) is 12.6 Å². The second-order valence-corrected chi connectivity index (χ2v) is 3.94. The Bertz CT molecular complexity index is 267. The van der Waals surface area contributed by atoms with Gasteiger partial charge in [0, 0.05) is 44.5 Å². The Morgan fingerprint density at radius 3 is 2.86 bits per heavy atom. The summed E-state index contributed by atoms with van der Waals surface area (Å²) < 4.78 is 1.92. The minimum atomic E-state index is 0.242. The number of aromatic nitrogens is 2. The van der Waals surface area contributed by atoms with Crippen molar-refractivity contribution in [3.8, 4) is 0 Å². The van der Waals surface area contributed by atoms with E-state index in [1.54, 1.807) is 0 Å². The molecule has 0 radical (unpaired) electrons. The number of hydrogen-bond donors (Lipinski definition) is 1. The topological polar surface area (TPSA) is 47.1 Å². The predicted molar refractivity (Wildman–Crippen MR) is 58.1 cm³/mol. The summed E-state index contributed by atoms with van der Waals surface area (Å²) >= 11 is 0. The average molecular weight is 196 g/mol. The first-order valence-corrected chi connectivity index (χ1v) is 5.00. The zero-order valence-corrected chi connectivity index (χ0v) is 9.27. The molecule has 1 rings (SSSR count). The third-order valence-corrected chi connectivity index (χ3v) is 2.27. The van der Waals surface area contributed by atoms with E-state index < -0.39 is 0 Å². The van der Waals surface area contributed by atoms with Crippen LogP contribution < -0.4 is 5.73 Å². The highest BCUT2D eigenvalue weighted by Crippen LogP contribution is 1.98. The minimum absolute atomic E-state index is 0.242. The molecule has 0 fully saturated rings.